The molecule has 2 aromatic heterocycles. The molecular formula is C14H7Cl3N2S. The van der Waals surface area contributed by atoms with Crippen molar-refractivity contribution < 1.29 is 0 Å². The minimum Gasteiger partial charge on any atom is -0.215 e. The Bertz CT molecular complexity index is 717. The minimum atomic E-state index is 0.329. The SMILES string of the molecule is Clc1ccc(-c2c(Cl)nc(-c3cccs3)nc2Cl)cc1. The van der Waals surface area contributed by atoms with Gasteiger partial charge in [-0.15, -0.1) is 11.3 Å². The molecule has 0 fully saturated rings. The van der Waals surface area contributed by atoms with E-state index in [1.807, 2.05) is 29.6 Å². The van der Waals surface area contributed by atoms with Crippen molar-refractivity contribution in [2.75, 3.05) is 0 Å². The summed E-state index contributed by atoms with van der Waals surface area (Å²) in [7, 11) is 0. The first-order valence-corrected chi connectivity index (χ1v) is 7.69. The van der Waals surface area contributed by atoms with Gasteiger partial charge >= 0.3 is 0 Å². The van der Waals surface area contributed by atoms with Crippen LogP contribution in [0.25, 0.3) is 21.8 Å². The highest BCUT2D eigenvalue weighted by atomic mass is 35.5. The lowest BCUT2D eigenvalue weighted by molar-refractivity contribution is 1.19. The summed E-state index contributed by atoms with van der Waals surface area (Å²) < 4.78 is 0. The van der Waals surface area contributed by atoms with E-state index in [9.17, 15) is 0 Å². The third-order valence-electron chi connectivity index (χ3n) is 2.70. The zero-order chi connectivity index (χ0) is 14.1. The van der Waals surface area contributed by atoms with E-state index >= 15 is 0 Å². The van der Waals surface area contributed by atoms with Gasteiger partial charge in [-0.2, -0.15) is 0 Å². The Morgan fingerprint density at radius 1 is 0.850 bits per heavy atom. The molecule has 0 amide bonds. The topological polar surface area (TPSA) is 25.8 Å². The van der Waals surface area contributed by atoms with Gasteiger partial charge in [-0.25, -0.2) is 9.97 Å². The van der Waals surface area contributed by atoms with Crippen LogP contribution in [0.5, 0.6) is 0 Å². The van der Waals surface area contributed by atoms with E-state index in [1.54, 1.807) is 12.1 Å². The lowest BCUT2D eigenvalue weighted by Gasteiger charge is -2.08. The molecule has 2 nitrogen and oxygen atoms in total. The summed E-state index contributed by atoms with van der Waals surface area (Å²) in [6, 6.07) is 11.1. The second-order valence-corrected chi connectivity index (χ2v) is 6.09. The molecule has 2 heterocycles. The fourth-order valence-electron chi connectivity index (χ4n) is 1.78. The van der Waals surface area contributed by atoms with Crippen molar-refractivity contribution >= 4 is 46.1 Å². The molecule has 100 valence electrons. The summed E-state index contributed by atoms with van der Waals surface area (Å²) >= 11 is 19.9. The molecule has 0 N–H and O–H groups in total. The summed E-state index contributed by atoms with van der Waals surface area (Å²) in [5.41, 5.74) is 1.45. The minimum absolute atomic E-state index is 0.329. The first-order chi connectivity index (χ1) is 9.65. The van der Waals surface area contributed by atoms with Gasteiger partial charge in [0.15, 0.2) is 5.82 Å². The van der Waals surface area contributed by atoms with Crippen LogP contribution in [0.1, 0.15) is 0 Å². The van der Waals surface area contributed by atoms with Crippen LogP contribution in [-0.4, -0.2) is 9.97 Å². The molecule has 0 unspecified atom stereocenters. The van der Waals surface area contributed by atoms with Gasteiger partial charge in [0.1, 0.15) is 10.3 Å². The molecule has 3 rings (SSSR count). The molecule has 0 saturated carbocycles. The Balaban J connectivity index is 2.11. The number of rotatable bonds is 2. The fourth-order valence-corrected chi connectivity index (χ4v) is 3.17. The Kier molecular flexibility index (Phi) is 3.94. The lowest BCUT2D eigenvalue weighted by atomic mass is 10.1. The summed E-state index contributed by atoms with van der Waals surface area (Å²) in [5.74, 6) is 0.535. The second-order valence-electron chi connectivity index (χ2n) is 3.99. The van der Waals surface area contributed by atoms with Gasteiger partial charge in [-0.3, -0.25) is 0 Å². The molecule has 0 aliphatic heterocycles. The molecule has 3 aromatic rings. The van der Waals surface area contributed by atoms with Gasteiger partial charge in [-0.05, 0) is 29.1 Å². The molecule has 0 radical (unpaired) electrons. The number of hydrogen-bond acceptors (Lipinski definition) is 3. The molecule has 6 heteroatoms. The Morgan fingerprint density at radius 2 is 1.50 bits per heavy atom. The third kappa shape index (κ3) is 2.67. The summed E-state index contributed by atoms with van der Waals surface area (Å²) in [6.07, 6.45) is 0. The van der Waals surface area contributed by atoms with Gasteiger partial charge in [-0.1, -0.05) is 53.0 Å². The first-order valence-electron chi connectivity index (χ1n) is 5.68. The average Bonchev–Trinajstić information content (AvgIpc) is 2.94. The number of hydrogen-bond donors (Lipinski definition) is 0. The number of thiophene rings is 1. The fraction of sp³-hybridized carbons (Fsp3) is 0. The van der Waals surface area contributed by atoms with Gasteiger partial charge in [0.25, 0.3) is 0 Å². The van der Waals surface area contributed by atoms with Crippen LogP contribution >= 0.6 is 46.1 Å². The van der Waals surface area contributed by atoms with Crippen LogP contribution in [0, 0.1) is 0 Å². The zero-order valence-electron chi connectivity index (χ0n) is 9.98. The summed E-state index contributed by atoms with van der Waals surface area (Å²) in [5, 5.41) is 3.26. The Labute approximate surface area is 135 Å². The molecule has 0 spiro atoms. The number of nitrogens with zero attached hydrogens (tertiary/aromatic N) is 2. The van der Waals surface area contributed by atoms with Crippen LogP contribution < -0.4 is 0 Å². The highest BCUT2D eigenvalue weighted by Gasteiger charge is 2.15. The molecule has 1 aromatic carbocycles. The number of aromatic nitrogens is 2. The maximum atomic E-state index is 6.26. The standard InChI is InChI=1S/C14H7Cl3N2S/c15-9-5-3-8(4-6-9)11-12(16)18-14(19-13(11)17)10-2-1-7-20-10/h1-7H. The van der Waals surface area contributed by atoms with E-state index in [-0.39, 0.29) is 0 Å². The van der Waals surface area contributed by atoms with Crippen molar-refractivity contribution in [3.8, 4) is 21.8 Å². The monoisotopic (exact) mass is 340 g/mol. The molecule has 20 heavy (non-hydrogen) atoms. The van der Waals surface area contributed by atoms with E-state index in [2.05, 4.69) is 9.97 Å². The smallest absolute Gasteiger partial charge is 0.172 e. The maximum absolute atomic E-state index is 6.26. The van der Waals surface area contributed by atoms with E-state index < -0.39 is 0 Å². The zero-order valence-corrected chi connectivity index (χ0v) is 13.1. The van der Waals surface area contributed by atoms with Gasteiger partial charge in [0.05, 0.1) is 10.4 Å². The quantitative estimate of drug-likeness (QED) is 0.548. The van der Waals surface area contributed by atoms with Gasteiger partial charge < -0.3 is 0 Å². The second kappa shape index (κ2) is 5.70. The molecule has 0 atom stereocenters. The van der Waals surface area contributed by atoms with Crippen LogP contribution in [0.2, 0.25) is 15.3 Å². The van der Waals surface area contributed by atoms with E-state index in [4.69, 9.17) is 34.8 Å². The lowest BCUT2D eigenvalue weighted by Crippen LogP contribution is -1.93. The normalized spacial score (nSPS) is 10.8. The van der Waals surface area contributed by atoms with E-state index in [0.29, 0.717) is 26.7 Å². The summed E-state index contributed by atoms with van der Waals surface area (Å²) in [4.78, 5) is 9.57. The summed E-state index contributed by atoms with van der Waals surface area (Å²) in [6.45, 7) is 0. The van der Waals surface area contributed by atoms with Crippen LogP contribution in [0.4, 0.5) is 0 Å². The predicted molar refractivity (Wildman–Crippen MR) is 85.8 cm³/mol. The van der Waals surface area contributed by atoms with Gasteiger partial charge in [0, 0.05) is 5.02 Å². The van der Waals surface area contributed by atoms with Gasteiger partial charge in [0.2, 0.25) is 0 Å². The number of benzene rings is 1. The maximum Gasteiger partial charge on any atom is 0.172 e. The van der Waals surface area contributed by atoms with Crippen LogP contribution in [0.15, 0.2) is 41.8 Å². The van der Waals surface area contributed by atoms with Crippen molar-refractivity contribution in [1.82, 2.24) is 9.97 Å². The van der Waals surface area contributed by atoms with Crippen molar-refractivity contribution in [1.29, 1.82) is 0 Å². The number of halogens is 3. The highest BCUT2D eigenvalue weighted by molar-refractivity contribution is 7.13. The van der Waals surface area contributed by atoms with Crippen molar-refractivity contribution in [3.63, 3.8) is 0 Å². The van der Waals surface area contributed by atoms with Crippen LogP contribution in [0.3, 0.4) is 0 Å². The average molecular weight is 342 g/mol. The third-order valence-corrected chi connectivity index (χ3v) is 4.36. The van der Waals surface area contributed by atoms with Crippen molar-refractivity contribution in [2.45, 2.75) is 0 Å². The van der Waals surface area contributed by atoms with E-state index in [0.717, 1.165) is 10.4 Å². The Morgan fingerprint density at radius 3 is 2.05 bits per heavy atom. The molecular weight excluding hydrogens is 335 g/mol. The van der Waals surface area contributed by atoms with E-state index in [1.165, 1.54) is 11.3 Å². The molecule has 0 aliphatic rings. The van der Waals surface area contributed by atoms with Crippen molar-refractivity contribution in [2.24, 2.45) is 0 Å². The van der Waals surface area contributed by atoms with Crippen molar-refractivity contribution in [3.05, 3.63) is 57.1 Å². The van der Waals surface area contributed by atoms with Crippen LogP contribution in [-0.2, 0) is 0 Å². The highest BCUT2D eigenvalue weighted by Crippen LogP contribution is 2.35. The molecule has 0 saturated heterocycles. The first kappa shape index (κ1) is 13.8. The Hall–Kier alpha value is -1.13. The molecule has 0 bridgehead atoms. The predicted octanol–water partition coefficient (Wildman–Crippen LogP) is 5.83. The largest absolute Gasteiger partial charge is 0.215 e. The molecule has 0 aliphatic carbocycles.